The van der Waals surface area contributed by atoms with E-state index in [0.717, 1.165) is 5.56 Å². The van der Waals surface area contributed by atoms with Gasteiger partial charge in [0, 0.05) is 20.0 Å². The Bertz CT molecular complexity index is 1060. The lowest BCUT2D eigenvalue weighted by Crippen LogP contribution is -2.30. The van der Waals surface area contributed by atoms with Gasteiger partial charge < -0.3 is 4.57 Å². The number of aromatic nitrogens is 4. The van der Waals surface area contributed by atoms with Gasteiger partial charge in [-0.1, -0.05) is 30.3 Å². The third-order valence-electron chi connectivity index (χ3n) is 4.60. The zero-order valence-corrected chi connectivity index (χ0v) is 13.2. The third-order valence-corrected chi connectivity index (χ3v) is 4.60. The molecule has 122 valence electrons. The fourth-order valence-electron chi connectivity index (χ4n) is 3.34. The van der Waals surface area contributed by atoms with E-state index in [9.17, 15) is 14.4 Å². The number of carbonyl (C=O) groups excluding carboxylic acids is 1. The van der Waals surface area contributed by atoms with Crippen molar-refractivity contribution in [2.45, 2.75) is 25.3 Å². The molecule has 3 aromatic rings. The maximum atomic E-state index is 12.5. The van der Waals surface area contributed by atoms with Crippen LogP contribution in [0.2, 0.25) is 0 Å². The molecule has 7 heteroatoms. The lowest BCUT2D eigenvalue weighted by atomic mass is 9.90. The van der Waals surface area contributed by atoms with E-state index in [1.165, 1.54) is 4.57 Å². The molecule has 1 atom stereocenters. The van der Waals surface area contributed by atoms with Crippen LogP contribution in [0.15, 0.2) is 39.9 Å². The molecule has 24 heavy (non-hydrogen) atoms. The Labute approximate surface area is 136 Å². The summed E-state index contributed by atoms with van der Waals surface area (Å²) in [5, 5.41) is 0. The van der Waals surface area contributed by atoms with Crippen LogP contribution < -0.4 is 11.2 Å². The van der Waals surface area contributed by atoms with Crippen molar-refractivity contribution in [2.24, 2.45) is 7.05 Å². The molecule has 2 aromatic heterocycles. The highest BCUT2D eigenvalue weighted by atomic mass is 16.2. The maximum Gasteiger partial charge on any atom is 0.329 e. The number of aryl methyl sites for hydroxylation is 2. The van der Waals surface area contributed by atoms with E-state index in [2.05, 4.69) is 9.97 Å². The molecule has 1 N–H and O–H groups in total. The van der Waals surface area contributed by atoms with Crippen LogP contribution in [0.1, 0.15) is 23.7 Å². The smallest absolute Gasteiger partial charge is 0.321 e. The molecule has 1 aliphatic rings. The molecule has 0 spiro atoms. The second-order valence-corrected chi connectivity index (χ2v) is 6.07. The fourth-order valence-corrected chi connectivity index (χ4v) is 3.34. The molecule has 4 rings (SSSR count). The van der Waals surface area contributed by atoms with Gasteiger partial charge in [0.05, 0.1) is 5.92 Å². The van der Waals surface area contributed by atoms with Crippen LogP contribution >= 0.6 is 0 Å². The summed E-state index contributed by atoms with van der Waals surface area (Å²) >= 11 is 0. The van der Waals surface area contributed by atoms with Gasteiger partial charge in [-0.3, -0.25) is 19.1 Å². The molecule has 0 aliphatic carbocycles. The normalized spacial score (nSPS) is 17.2. The monoisotopic (exact) mass is 324 g/mol. The Morgan fingerprint density at radius 3 is 2.71 bits per heavy atom. The minimum Gasteiger partial charge on any atom is -0.321 e. The fraction of sp³-hybridized carbons (Fsp3) is 0.294. The first kappa shape index (κ1) is 14.6. The molecular weight excluding hydrogens is 308 g/mol. The van der Waals surface area contributed by atoms with Crippen molar-refractivity contribution in [3.8, 4) is 0 Å². The lowest BCUT2D eigenvalue weighted by molar-refractivity contribution is -0.121. The predicted molar refractivity (Wildman–Crippen MR) is 88.1 cm³/mol. The summed E-state index contributed by atoms with van der Waals surface area (Å²) in [6.07, 6.45) is 0.896. The van der Waals surface area contributed by atoms with Crippen molar-refractivity contribution in [1.82, 2.24) is 19.1 Å². The van der Waals surface area contributed by atoms with Gasteiger partial charge in [-0.25, -0.2) is 9.78 Å². The second-order valence-electron chi connectivity index (χ2n) is 6.07. The van der Waals surface area contributed by atoms with Gasteiger partial charge in [0.2, 0.25) is 0 Å². The zero-order valence-electron chi connectivity index (χ0n) is 13.2. The third kappa shape index (κ3) is 2.12. The standard InChI is InChI=1S/C17H16N4O3/c1-20-15-13(16(23)19-17(20)24)21-8-7-12(22)11(14(21)18-15)9-10-5-3-2-4-6-10/h2-6,11H,7-9H2,1H3,(H,19,23,24). The summed E-state index contributed by atoms with van der Waals surface area (Å²) in [5.74, 6) is 0.281. The van der Waals surface area contributed by atoms with Gasteiger partial charge in [0.1, 0.15) is 11.6 Å². The van der Waals surface area contributed by atoms with E-state index in [4.69, 9.17) is 0 Å². The summed E-state index contributed by atoms with van der Waals surface area (Å²) in [4.78, 5) is 43.3. The van der Waals surface area contributed by atoms with Crippen LogP contribution in [0, 0.1) is 0 Å². The van der Waals surface area contributed by atoms with Crippen molar-refractivity contribution in [3.05, 3.63) is 62.6 Å². The summed E-state index contributed by atoms with van der Waals surface area (Å²) < 4.78 is 3.09. The highest BCUT2D eigenvalue weighted by Gasteiger charge is 2.32. The van der Waals surface area contributed by atoms with E-state index in [1.807, 2.05) is 30.3 Å². The number of ketones is 1. The molecule has 1 unspecified atom stereocenters. The average molecular weight is 324 g/mol. The molecule has 7 nitrogen and oxygen atoms in total. The van der Waals surface area contributed by atoms with Gasteiger partial charge >= 0.3 is 5.69 Å². The van der Waals surface area contributed by atoms with E-state index < -0.39 is 17.2 Å². The SMILES string of the molecule is Cn1c(=O)[nH]c(=O)c2c1nc1n2CCC(=O)C1Cc1ccccc1. The van der Waals surface area contributed by atoms with Gasteiger partial charge in [0.15, 0.2) is 11.2 Å². The van der Waals surface area contributed by atoms with Crippen LogP contribution in [-0.4, -0.2) is 24.9 Å². The highest BCUT2D eigenvalue weighted by molar-refractivity contribution is 5.88. The van der Waals surface area contributed by atoms with Gasteiger partial charge in [-0.2, -0.15) is 0 Å². The van der Waals surface area contributed by atoms with Gasteiger partial charge in [-0.15, -0.1) is 0 Å². The predicted octanol–water partition coefficient (Wildman–Crippen LogP) is 0.722. The van der Waals surface area contributed by atoms with Crippen LogP contribution in [0.3, 0.4) is 0 Å². The number of nitrogens with zero attached hydrogens (tertiary/aromatic N) is 3. The topological polar surface area (TPSA) is 89.8 Å². The number of nitrogens with one attached hydrogen (secondary N) is 1. The first-order chi connectivity index (χ1) is 11.6. The number of hydrogen-bond donors (Lipinski definition) is 1. The van der Waals surface area contributed by atoms with Crippen molar-refractivity contribution in [1.29, 1.82) is 0 Å². The Hall–Kier alpha value is -2.96. The number of imidazole rings is 1. The summed E-state index contributed by atoms with van der Waals surface area (Å²) in [6, 6.07) is 9.73. The van der Waals surface area contributed by atoms with Gasteiger partial charge in [-0.05, 0) is 12.0 Å². The number of fused-ring (bicyclic) bond motifs is 3. The Kier molecular flexibility index (Phi) is 3.23. The highest BCUT2D eigenvalue weighted by Crippen LogP contribution is 2.29. The Morgan fingerprint density at radius 2 is 1.96 bits per heavy atom. The average Bonchev–Trinajstić information content (AvgIpc) is 2.97. The first-order valence-corrected chi connectivity index (χ1v) is 7.82. The first-order valence-electron chi connectivity index (χ1n) is 7.82. The Morgan fingerprint density at radius 1 is 1.21 bits per heavy atom. The zero-order chi connectivity index (χ0) is 16.8. The molecule has 0 bridgehead atoms. The van der Waals surface area contributed by atoms with Crippen molar-refractivity contribution >= 4 is 16.9 Å². The molecule has 3 heterocycles. The molecule has 1 aromatic carbocycles. The molecular formula is C17H16N4O3. The van der Waals surface area contributed by atoms with E-state index in [1.54, 1.807) is 11.6 Å². The quantitative estimate of drug-likeness (QED) is 0.752. The molecule has 0 fully saturated rings. The van der Waals surface area contributed by atoms with Crippen LogP contribution in [-0.2, 0) is 24.8 Å². The number of H-pyrrole nitrogens is 1. The number of Topliss-reactive ketones (excluding diaryl/α,β-unsaturated/α-hetero) is 1. The molecule has 0 amide bonds. The number of hydrogen-bond acceptors (Lipinski definition) is 4. The van der Waals surface area contributed by atoms with E-state index >= 15 is 0 Å². The minimum absolute atomic E-state index is 0.114. The van der Waals surface area contributed by atoms with Crippen LogP contribution in [0.5, 0.6) is 0 Å². The van der Waals surface area contributed by atoms with Crippen LogP contribution in [0.4, 0.5) is 0 Å². The lowest BCUT2D eigenvalue weighted by Gasteiger charge is -2.22. The summed E-state index contributed by atoms with van der Waals surface area (Å²) in [7, 11) is 1.56. The number of aromatic amines is 1. The summed E-state index contributed by atoms with van der Waals surface area (Å²) in [5.41, 5.74) is 0.761. The molecule has 0 saturated heterocycles. The number of benzene rings is 1. The molecule has 0 saturated carbocycles. The van der Waals surface area contributed by atoms with Crippen molar-refractivity contribution in [3.63, 3.8) is 0 Å². The Balaban J connectivity index is 1.92. The molecule has 0 radical (unpaired) electrons. The van der Waals surface area contributed by atoms with Crippen molar-refractivity contribution < 1.29 is 4.79 Å². The minimum atomic E-state index is -0.506. The van der Waals surface area contributed by atoms with E-state index in [-0.39, 0.29) is 5.78 Å². The summed E-state index contributed by atoms with van der Waals surface area (Å²) in [6.45, 7) is 0.414. The number of carbonyl (C=O) groups is 1. The van der Waals surface area contributed by atoms with E-state index in [0.29, 0.717) is 36.4 Å². The number of rotatable bonds is 2. The molecule has 1 aliphatic heterocycles. The largest absolute Gasteiger partial charge is 0.329 e. The van der Waals surface area contributed by atoms with Crippen LogP contribution in [0.25, 0.3) is 11.2 Å². The van der Waals surface area contributed by atoms with Crippen molar-refractivity contribution in [2.75, 3.05) is 0 Å². The van der Waals surface area contributed by atoms with Gasteiger partial charge in [0.25, 0.3) is 5.56 Å². The maximum absolute atomic E-state index is 12.5. The second kappa shape index (κ2) is 5.30.